The van der Waals surface area contributed by atoms with Crippen LogP contribution in [0.15, 0.2) is 12.7 Å². The van der Waals surface area contributed by atoms with Gasteiger partial charge in [0, 0.05) is 13.5 Å². The van der Waals surface area contributed by atoms with Gasteiger partial charge in [-0.2, -0.15) is 5.10 Å². The van der Waals surface area contributed by atoms with Crippen molar-refractivity contribution in [3.63, 3.8) is 0 Å². The van der Waals surface area contributed by atoms with Crippen molar-refractivity contribution in [2.24, 2.45) is 0 Å². The molecule has 0 radical (unpaired) electrons. The van der Waals surface area contributed by atoms with Crippen LogP contribution < -0.4 is 5.32 Å². The highest BCUT2D eigenvalue weighted by atomic mass is 32.1. The fraction of sp³-hybridized carbons (Fsp3) is 0.273. The Bertz CT molecular complexity index is 682. The molecule has 0 unspecified atom stereocenters. The Kier molecular flexibility index (Phi) is 3.91. The average molecular weight is 295 g/mol. The first-order chi connectivity index (χ1) is 9.02. The maximum absolute atomic E-state index is 11.0. The molecule has 0 saturated carbocycles. The average Bonchev–Trinajstić information content (AvgIpc) is 2.84. The zero-order valence-corrected chi connectivity index (χ0v) is 12.2. The third-order valence-corrected chi connectivity index (χ3v) is 3.73. The monoisotopic (exact) mass is 295 g/mol. The summed E-state index contributed by atoms with van der Waals surface area (Å²) in [4.78, 5) is 16.2. The molecule has 0 aliphatic heterocycles. The van der Waals surface area contributed by atoms with Gasteiger partial charge in [0.05, 0.1) is 10.6 Å². The summed E-state index contributed by atoms with van der Waals surface area (Å²) in [5.74, 6) is 0.557. The van der Waals surface area contributed by atoms with Gasteiger partial charge in [-0.25, -0.2) is 4.98 Å². The van der Waals surface area contributed by atoms with Gasteiger partial charge in [0.15, 0.2) is 15.7 Å². The second kappa shape index (κ2) is 5.45. The van der Waals surface area contributed by atoms with Gasteiger partial charge in [-0.3, -0.25) is 14.5 Å². The summed E-state index contributed by atoms with van der Waals surface area (Å²) in [6, 6.07) is 0. The highest BCUT2D eigenvalue weighted by molar-refractivity contribution is 7.71. The van der Waals surface area contributed by atoms with Crippen molar-refractivity contribution < 1.29 is 4.79 Å². The molecule has 100 valence electrons. The van der Waals surface area contributed by atoms with Crippen LogP contribution in [0, 0.1) is 11.7 Å². The van der Waals surface area contributed by atoms with Crippen molar-refractivity contribution in [3.8, 4) is 10.7 Å². The van der Waals surface area contributed by atoms with Gasteiger partial charge in [0.25, 0.3) is 0 Å². The van der Waals surface area contributed by atoms with Gasteiger partial charge in [0.2, 0.25) is 5.91 Å². The minimum Gasteiger partial charge on any atom is -0.302 e. The topological polar surface area (TPSA) is 75.6 Å². The van der Waals surface area contributed by atoms with Crippen LogP contribution in [0.5, 0.6) is 0 Å². The summed E-state index contributed by atoms with van der Waals surface area (Å²) in [5.41, 5.74) is 0.799. The van der Waals surface area contributed by atoms with Crippen LogP contribution in [0.3, 0.4) is 0 Å². The Morgan fingerprint density at radius 1 is 1.68 bits per heavy atom. The highest BCUT2D eigenvalue weighted by Gasteiger charge is 2.16. The molecule has 0 bridgehead atoms. The molecular weight excluding hydrogens is 282 g/mol. The molecule has 6 nitrogen and oxygen atoms in total. The van der Waals surface area contributed by atoms with Crippen molar-refractivity contribution in [1.82, 2.24) is 19.7 Å². The van der Waals surface area contributed by atoms with Crippen molar-refractivity contribution in [3.05, 3.63) is 23.1 Å². The van der Waals surface area contributed by atoms with E-state index in [1.54, 1.807) is 6.08 Å². The van der Waals surface area contributed by atoms with Crippen molar-refractivity contribution in [2.75, 3.05) is 5.32 Å². The van der Waals surface area contributed by atoms with E-state index in [4.69, 9.17) is 12.2 Å². The standard InChI is InChI=1S/C11H13N5OS2/c1-4-5-16-9(14-15-11(16)18)8-6(2)12-10(19-8)13-7(3)17/h4H,1,5H2,2-3H3,(H,15,18)(H,12,13,17). The first-order valence-corrected chi connectivity index (χ1v) is 6.77. The number of aryl methyl sites for hydroxylation is 1. The van der Waals surface area contributed by atoms with Gasteiger partial charge in [0.1, 0.15) is 0 Å². The van der Waals surface area contributed by atoms with E-state index in [-0.39, 0.29) is 5.91 Å². The molecule has 0 aliphatic rings. The highest BCUT2D eigenvalue weighted by Crippen LogP contribution is 2.31. The Morgan fingerprint density at radius 2 is 2.42 bits per heavy atom. The van der Waals surface area contributed by atoms with Crippen LogP contribution in [0.25, 0.3) is 10.7 Å². The minimum atomic E-state index is -0.148. The second-order valence-electron chi connectivity index (χ2n) is 3.87. The maximum atomic E-state index is 11.0. The summed E-state index contributed by atoms with van der Waals surface area (Å²) >= 11 is 6.54. The summed E-state index contributed by atoms with van der Waals surface area (Å²) in [7, 11) is 0. The Hall–Kier alpha value is -1.80. The lowest BCUT2D eigenvalue weighted by Crippen LogP contribution is -2.04. The number of hydrogen-bond acceptors (Lipinski definition) is 5. The molecule has 19 heavy (non-hydrogen) atoms. The SMILES string of the molecule is C=CCn1c(-c2sc(NC(C)=O)nc2C)n[nH]c1=S. The molecule has 2 heterocycles. The van der Waals surface area contributed by atoms with E-state index in [9.17, 15) is 4.79 Å². The second-order valence-corrected chi connectivity index (χ2v) is 5.25. The molecule has 0 spiro atoms. The van der Waals surface area contributed by atoms with Crippen LogP contribution in [-0.2, 0) is 11.3 Å². The minimum absolute atomic E-state index is 0.148. The number of hydrogen-bond donors (Lipinski definition) is 2. The van der Waals surface area contributed by atoms with E-state index >= 15 is 0 Å². The smallest absolute Gasteiger partial charge is 0.223 e. The number of thiazole rings is 1. The number of carbonyl (C=O) groups is 1. The Balaban J connectivity index is 2.47. The largest absolute Gasteiger partial charge is 0.302 e. The summed E-state index contributed by atoms with van der Waals surface area (Å²) in [6.07, 6.45) is 1.75. The van der Waals surface area contributed by atoms with Crippen molar-refractivity contribution in [1.29, 1.82) is 0 Å². The van der Waals surface area contributed by atoms with Crippen LogP contribution in [0.1, 0.15) is 12.6 Å². The van der Waals surface area contributed by atoms with E-state index in [0.29, 0.717) is 22.3 Å². The first-order valence-electron chi connectivity index (χ1n) is 5.54. The molecule has 0 fully saturated rings. The molecule has 1 amide bonds. The van der Waals surface area contributed by atoms with Crippen LogP contribution in [-0.4, -0.2) is 25.7 Å². The van der Waals surface area contributed by atoms with Gasteiger partial charge in [-0.1, -0.05) is 17.4 Å². The Labute approximate surface area is 119 Å². The molecule has 0 atom stereocenters. The fourth-order valence-electron chi connectivity index (χ4n) is 1.60. The van der Waals surface area contributed by atoms with Gasteiger partial charge < -0.3 is 5.32 Å². The number of allylic oxidation sites excluding steroid dienone is 1. The van der Waals surface area contributed by atoms with Crippen molar-refractivity contribution >= 4 is 34.6 Å². The number of H-pyrrole nitrogens is 1. The lowest BCUT2D eigenvalue weighted by atomic mass is 10.4. The third-order valence-electron chi connectivity index (χ3n) is 2.35. The molecule has 8 heteroatoms. The maximum Gasteiger partial charge on any atom is 0.223 e. The quantitative estimate of drug-likeness (QED) is 0.671. The number of nitrogens with zero attached hydrogens (tertiary/aromatic N) is 3. The van der Waals surface area contributed by atoms with Crippen LogP contribution in [0.4, 0.5) is 5.13 Å². The number of anilines is 1. The van der Waals surface area contributed by atoms with E-state index < -0.39 is 0 Å². The van der Waals surface area contributed by atoms with Crippen molar-refractivity contribution in [2.45, 2.75) is 20.4 Å². The van der Waals surface area contributed by atoms with Gasteiger partial charge in [-0.05, 0) is 19.1 Å². The van der Waals surface area contributed by atoms with Crippen LogP contribution >= 0.6 is 23.6 Å². The Morgan fingerprint density at radius 3 is 3.05 bits per heavy atom. The summed E-state index contributed by atoms with van der Waals surface area (Å²) in [6.45, 7) is 7.58. The molecule has 0 saturated heterocycles. The van der Waals surface area contributed by atoms with E-state index in [0.717, 1.165) is 10.6 Å². The number of aromatic nitrogens is 4. The van der Waals surface area contributed by atoms with Gasteiger partial charge >= 0.3 is 0 Å². The van der Waals surface area contributed by atoms with E-state index in [2.05, 4.69) is 27.1 Å². The molecule has 0 aliphatic carbocycles. The number of carbonyl (C=O) groups excluding carboxylic acids is 1. The molecule has 2 rings (SSSR count). The molecule has 2 aromatic heterocycles. The predicted molar refractivity (Wildman–Crippen MR) is 77.8 cm³/mol. The number of amides is 1. The van der Waals surface area contributed by atoms with E-state index in [1.165, 1.54) is 18.3 Å². The number of nitrogens with one attached hydrogen (secondary N) is 2. The lowest BCUT2D eigenvalue weighted by molar-refractivity contribution is -0.114. The normalized spacial score (nSPS) is 10.4. The zero-order valence-electron chi connectivity index (χ0n) is 10.6. The van der Waals surface area contributed by atoms with Crippen LogP contribution in [0.2, 0.25) is 0 Å². The number of aromatic amines is 1. The van der Waals surface area contributed by atoms with E-state index in [1.807, 2.05) is 11.5 Å². The molecule has 0 aromatic carbocycles. The zero-order chi connectivity index (χ0) is 14.0. The summed E-state index contributed by atoms with van der Waals surface area (Å²) in [5, 5.41) is 10.2. The fourth-order valence-corrected chi connectivity index (χ4v) is 2.82. The predicted octanol–water partition coefficient (Wildman–Crippen LogP) is 2.52. The number of rotatable bonds is 4. The summed E-state index contributed by atoms with van der Waals surface area (Å²) < 4.78 is 2.36. The molecule has 2 aromatic rings. The van der Waals surface area contributed by atoms with Gasteiger partial charge in [-0.15, -0.1) is 6.58 Å². The molecular formula is C11H13N5OS2. The third kappa shape index (κ3) is 2.79. The molecule has 2 N–H and O–H groups in total. The first kappa shape index (κ1) is 13.6. The lowest BCUT2D eigenvalue weighted by Gasteiger charge is -2.01.